The third kappa shape index (κ3) is 4.31. The lowest BCUT2D eigenvalue weighted by atomic mass is 10.1. The molecule has 148 valence electrons. The zero-order chi connectivity index (χ0) is 20.8. The quantitative estimate of drug-likeness (QED) is 0.656. The first-order valence-corrected chi connectivity index (χ1v) is 10.2. The molecule has 0 radical (unpaired) electrons. The van der Waals surface area contributed by atoms with Gasteiger partial charge < -0.3 is 16.2 Å². The van der Waals surface area contributed by atoms with Gasteiger partial charge in [0.2, 0.25) is 9.84 Å². The highest BCUT2D eigenvalue weighted by molar-refractivity contribution is 7.93. The molecule has 0 spiro atoms. The van der Waals surface area contributed by atoms with E-state index in [2.05, 4.69) is 5.32 Å². The summed E-state index contributed by atoms with van der Waals surface area (Å²) in [4.78, 5) is 21.2. The number of carbonyl (C=O) groups excluding carboxylic acids is 2. The van der Waals surface area contributed by atoms with Gasteiger partial charge in [0.1, 0.15) is 19.7 Å². The predicted molar refractivity (Wildman–Crippen MR) is 92.5 cm³/mol. The lowest BCUT2D eigenvalue weighted by Gasteiger charge is -2.16. The van der Waals surface area contributed by atoms with Crippen molar-refractivity contribution in [3.8, 4) is 0 Å². The Kier molecular flexibility index (Phi) is 5.45. The Bertz CT molecular complexity index is 1000. The summed E-state index contributed by atoms with van der Waals surface area (Å²) in [5.41, 5.74) is 2.90. The number of nitrogens with one attached hydrogen (secondary N) is 1. The second kappa shape index (κ2) is 6.89. The van der Waals surface area contributed by atoms with E-state index < -0.39 is 53.0 Å². The van der Waals surface area contributed by atoms with Crippen LogP contribution in [0.5, 0.6) is 0 Å². The molecule has 0 aliphatic carbocycles. The van der Waals surface area contributed by atoms with Crippen molar-refractivity contribution in [1.82, 2.24) is 0 Å². The Morgan fingerprint density at radius 3 is 2.33 bits per heavy atom. The minimum absolute atomic E-state index is 0.215. The molecule has 0 fully saturated rings. The molecule has 4 N–H and O–H groups in total. The maximum Gasteiger partial charge on any atom is 0.426 e. The van der Waals surface area contributed by atoms with Gasteiger partial charge in [-0.25, -0.2) is 8.42 Å². The topological polar surface area (TPSA) is 127 Å². The molecule has 2 rings (SSSR count). The third-order valence-electron chi connectivity index (χ3n) is 3.20. The van der Waals surface area contributed by atoms with E-state index in [0.717, 1.165) is 31.4 Å². The molecule has 0 aromatic carbocycles. The summed E-state index contributed by atoms with van der Waals surface area (Å²) in [6.45, 7) is 2.30. The molecule has 0 bridgehead atoms. The largest absolute Gasteiger partial charge is 0.426 e. The SMILES string of the molecule is CC(C)(O)C(=O)Nc1sc(S(=O)(=O)c2ccsc2C(F)(F)F)cc1C(N)=O. The number of nitrogens with two attached hydrogens (primary N) is 1. The van der Waals surface area contributed by atoms with Crippen LogP contribution in [0.1, 0.15) is 29.1 Å². The Morgan fingerprint density at radius 2 is 1.85 bits per heavy atom. The third-order valence-corrected chi connectivity index (χ3v) is 7.61. The summed E-state index contributed by atoms with van der Waals surface area (Å²) in [7, 11) is -4.63. The van der Waals surface area contributed by atoms with Crippen LogP contribution in [0, 0.1) is 0 Å². The Hall–Kier alpha value is -1.96. The lowest BCUT2D eigenvalue weighted by Crippen LogP contribution is -2.36. The van der Waals surface area contributed by atoms with Crippen molar-refractivity contribution < 1.29 is 36.3 Å². The van der Waals surface area contributed by atoms with E-state index in [1.54, 1.807) is 0 Å². The Labute approximate surface area is 159 Å². The molecule has 0 unspecified atom stereocenters. The van der Waals surface area contributed by atoms with Gasteiger partial charge in [0.25, 0.3) is 11.8 Å². The van der Waals surface area contributed by atoms with Crippen LogP contribution in [0.3, 0.4) is 0 Å². The van der Waals surface area contributed by atoms with Gasteiger partial charge in [-0.3, -0.25) is 9.59 Å². The maximum absolute atomic E-state index is 13.0. The first kappa shape index (κ1) is 21.3. The molecular formula is C14H13F3N2O5S3. The van der Waals surface area contributed by atoms with Crippen molar-refractivity contribution in [2.75, 3.05) is 5.32 Å². The van der Waals surface area contributed by atoms with Crippen molar-refractivity contribution in [1.29, 1.82) is 0 Å². The smallest absolute Gasteiger partial charge is 0.381 e. The van der Waals surface area contributed by atoms with Crippen LogP contribution < -0.4 is 11.1 Å². The number of halogens is 3. The maximum atomic E-state index is 13.0. The number of hydrogen-bond donors (Lipinski definition) is 3. The Morgan fingerprint density at radius 1 is 1.26 bits per heavy atom. The number of rotatable bonds is 5. The van der Waals surface area contributed by atoms with E-state index in [-0.39, 0.29) is 16.3 Å². The molecule has 0 aliphatic heterocycles. The summed E-state index contributed by atoms with van der Waals surface area (Å²) >= 11 is 0.578. The van der Waals surface area contributed by atoms with E-state index in [1.165, 1.54) is 0 Å². The summed E-state index contributed by atoms with van der Waals surface area (Å²) in [6.07, 6.45) is -4.88. The Balaban J connectivity index is 2.57. The highest BCUT2D eigenvalue weighted by Crippen LogP contribution is 2.42. The number of hydrogen-bond acceptors (Lipinski definition) is 7. The first-order chi connectivity index (χ1) is 12.2. The number of sulfone groups is 1. The fraction of sp³-hybridized carbons (Fsp3) is 0.286. The van der Waals surface area contributed by atoms with Crippen LogP contribution in [0.25, 0.3) is 0 Å². The van der Waals surface area contributed by atoms with Crippen molar-refractivity contribution >= 4 is 49.3 Å². The molecule has 2 aromatic heterocycles. The van der Waals surface area contributed by atoms with Gasteiger partial charge in [0.05, 0.1) is 10.5 Å². The number of amides is 2. The molecule has 2 aromatic rings. The average Bonchev–Trinajstić information content (AvgIpc) is 3.12. The number of carbonyl (C=O) groups is 2. The average molecular weight is 442 g/mol. The van der Waals surface area contributed by atoms with E-state index >= 15 is 0 Å². The van der Waals surface area contributed by atoms with Gasteiger partial charge in [-0.1, -0.05) is 0 Å². The number of alkyl halides is 3. The second-order valence-corrected chi connectivity index (χ2v) is 9.91. The van der Waals surface area contributed by atoms with Crippen LogP contribution in [-0.4, -0.2) is 30.9 Å². The van der Waals surface area contributed by atoms with Gasteiger partial charge in [-0.05, 0) is 31.4 Å². The number of anilines is 1. The van der Waals surface area contributed by atoms with Crippen LogP contribution in [0.4, 0.5) is 18.2 Å². The zero-order valence-corrected chi connectivity index (χ0v) is 16.2. The summed E-state index contributed by atoms with van der Waals surface area (Å²) in [6, 6.07) is 1.60. The highest BCUT2D eigenvalue weighted by atomic mass is 32.2. The molecule has 2 amide bonds. The lowest BCUT2D eigenvalue weighted by molar-refractivity contribution is -0.136. The molecule has 7 nitrogen and oxygen atoms in total. The van der Waals surface area contributed by atoms with Gasteiger partial charge in [-0.15, -0.1) is 22.7 Å². The van der Waals surface area contributed by atoms with Crippen LogP contribution >= 0.6 is 22.7 Å². The van der Waals surface area contributed by atoms with E-state index in [1.807, 2.05) is 0 Å². The molecule has 27 heavy (non-hydrogen) atoms. The second-order valence-electron chi connectivity index (χ2n) is 5.80. The fourth-order valence-corrected chi connectivity index (χ4v) is 5.92. The van der Waals surface area contributed by atoms with E-state index in [4.69, 9.17) is 5.73 Å². The van der Waals surface area contributed by atoms with Crippen molar-refractivity contribution in [2.45, 2.75) is 34.7 Å². The van der Waals surface area contributed by atoms with Crippen LogP contribution in [0.2, 0.25) is 0 Å². The summed E-state index contributed by atoms with van der Waals surface area (Å²) < 4.78 is 63.8. The molecule has 2 heterocycles. The normalized spacial score (nSPS) is 12.8. The van der Waals surface area contributed by atoms with Gasteiger partial charge in [0.15, 0.2) is 0 Å². The van der Waals surface area contributed by atoms with Crippen LogP contribution in [0.15, 0.2) is 26.6 Å². The van der Waals surface area contributed by atoms with Gasteiger partial charge in [-0.2, -0.15) is 13.2 Å². The minimum atomic E-state index is -4.88. The minimum Gasteiger partial charge on any atom is -0.381 e. The van der Waals surface area contributed by atoms with Crippen molar-refractivity contribution in [3.63, 3.8) is 0 Å². The summed E-state index contributed by atoms with van der Waals surface area (Å²) in [5.74, 6) is -2.05. The molecular weight excluding hydrogens is 429 g/mol. The fourth-order valence-electron chi connectivity index (χ4n) is 1.86. The molecule has 0 saturated heterocycles. The van der Waals surface area contributed by atoms with E-state index in [0.29, 0.717) is 11.3 Å². The molecule has 0 atom stereocenters. The zero-order valence-electron chi connectivity index (χ0n) is 13.7. The predicted octanol–water partition coefficient (Wildman–Crippen LogP) is 2.47. The number of aliphatic hydroxyl groups is 1. The molecule has 13 heteroatoms. The monoisotopic (exact) mass is 442 g/mol. The van der Waals surface area contributed by atoms with E-state index in [9.17, 15) is 36.3 Å². The van der Waals surface area contributed by atoms with Crippen LogP contribution in [-0.2, 0) is 20.8 Å². The van der Waals surface area contributed by atoms with Crippen molar-refractivity contribution in [2.24, 2.45) is 5.73 Å². The highest BCUT2D eigenvalue weighted by Gasteiger charge is 2.40. The number of primary amides is 1. The summed E-state index contributed by atoms with van der Waals surface area (Å²) in [5, 5.41) is 12.5. The van der Waals surface area contributed by atoms with Crippen molar-refractivity contribution in [3.05, 3.63) is 28.0 Å². The number of thiophene rings is 2. The van der Waals surface area contributed by atoms with Gasteiger partial charge >= 0.3 is 6.18 Å². The molecule has 0 aliphatic rings. The molecule has 0 saturated carbocycles. The van der Waals surface area contributed by atoms with Gasteiger partial charge in [0, 0.05) is 0 Å². The first-order valence-electron chi connectivity index (χ1n) is 7.03. The standard InChI is InChI=1S/C14H13F3N2O5S3/c1-13(2,22)12(21)19-11-6(10(18)20)5-8(26-11)27(23,24)7-3-4-25-9(7)14(15,16)17/h3-5,22H,1-2H3,(H2,18,20)(H,19,21).